The highest BCUT2D eigenvalue weighted by Crippen LogP contribution is 2.25. The van der Waals surface area contributed by atoms with Crippen LogP contribution in [-0.4, -0.2) is 23.1 Å². The molecule has 1 amide bonds. The smallest absolute Gasteiger partial charge is 0.231 e. The molecule has 3 nitrogen and oxygen atoms in total. The highest BCUT2D eigenvalue weighted by Gasteiger charge is 2.20. The Hall–Kier alpha value is -0.650. The van der Waals surface area contributed by atoms with Crippen LogP contribution in [0.25, 0.3) is 0 Å². The van der Waals surface area contributed by atoms with Gasteiger partial charge in [-0.15, -0.1) is 0 Å². The minimum Gasteiger partial charge on any atom is -0.310 e. The minimum atomic E-state index is -0.0550. The van der Waals surface area contributed by atoms with Crippen molar-refractivity contribution in [2.24, 2.45) is 0 Å². The van der Waals surface area contributed by atoms with Crippen LogP contribution in [0.15, 0.2) is 21.9 Å². The van der Waals surface area contributed by atoms with Crippen LogP contribution in [-0.2, 0) is 9.59 Å². The molecule has 1 heterocycles. The van der Waals surface area contributed by atoms with Crippen molar-refractivity contribution in [1.82, 2.24) is 4.90 Å². The molecule has 1 rings (SSSR count). The number of amides is 1. The Balaban J connectivity index is 2.81. The van der Waals surface area contributed by atoms with E-state index in [2.05, 4.69) is 29.2 Å². The molecule has 0 aliphatic carbocycles. The first-order chi connectivity index (χ1) is 6.00. The lowest BCUT2D eigenvalue weighted by Crippen LogP contribution is -2.32. The van der Waals surface area contributed by atoms with Crippen LogP contribution in [0.4, 0.5) is 0 Å². The first-order valence-electron chi connectivity index (χ1n) is 3.85. The molecule has 0 aromatic heterocycles. The minimum absolute atomic E-state index is 0.0127. The van der Waals surface area contributed by atoms with Gasteiger partial charge in [0, 0.05) is 9.78 Å². The number of rotatable bonds is 2. The molecular weight excluding hydrogens is 281 g/mol. The van der Waals surface area contributed by atoms with E-state index >= 15 is 0 Å². The van der Waals surface area contributed by atoms with Gasteiger partial charge in [-0.3, -0.25) is 9.59 Å². The second kappa shape index (κ2) is 4.04. The SMILES string of the molecule is C=C1CC(=O)N(CC(C)=O)C=C1I. The summed E-state index contributed by atoms with van der Waals surface area (Å²) in [6.45, 7) is 5.39. The number of ketones is 1. The monoisotopic (exact) mass is 291 g/mol. The molecule has 13 heavy (non-hydrogen) atoms. The maximum Gasteiger partial charge on any atom is 0.231 e. The molecule has 0 bridgehead atoms. The van der Waals surface area contributed by atoms with Crippen molar-refractivity contribution < 1.29 is 9.59 Å². The van der Waals surface area contributed by atoms with Crippen molar-refractivity contribution in [2.45, 2.75) is 13.3 Å². The molecule has 70 valence electrons. The lowest BCUT2D eigenvalue weighted by atomic mass is 10.1. The summed E-state index contributed by atoms with van der Waals surface area (Å²) < 4.78 is 0.943. The van der Waals surface area contributed by atoms with E-state index in [1.165, 1.54) is 11.8 Å². The second-order valence-corrected chi connectivity index (χ2v) is 4.14. The third-order valence-corrected chi connectivity index (χ3v) is 2.73. The number of allylic oxidation sites excluding steroid dienone is 1. The van der Waals surface area contributed by atoms with Gasteiger partial charge >= 0.3 is 0 Å². The predicted octanol–water partition coefficient (Wildman–Crippen LogP) is 1.64. The maximum absolute atomic E-state index is 11.4. The summed E-state index contributed by atoms with van der Waals surface area (Å²) in [4.78, 5) is 23.6. The molecule has 0 aromatic carbocycles. The van der Waals surface area contributed by atoms with Gasteiger partial charge in [-0.25, -0.2) is 0 Å². The van der Waals surface area contributed by atoms with E-state index in [1.807, 2.05) is 0 Å². The Labute approximate surface area is 90.6 Å². The van der Waals surface area contributed by atoms with E-state index in [9.17, 15) is 9.59 Å². The average Bonchev–Trinajstić information content (AvgIpc) is 1.99. The van der Waals surface area contributed by atoms with Gasteiger partial charge in [0.1, 0.15) is 5.78 Å². The number of hydrogen-bond donors (Lipinski definition) is 0. The third kappa shape index (κ3) is 2.65. The van der Waals surface area contributed by atoms with Crippen LogP contribution in [0.3, 0.4) is 0 Å². The average molecular weight is 291 g/mol. The zero-order valence-electron chi connectivity index (χ0n) is 7.34. The van der Waals surface area contributed by atoms with E-state index in [-0.39, 0.29) is 18.2 Å². The van der Waals surface area contributed by atoms with Gasteiger partial charge in [0.2, 0.25) is 5.91 Å². The zero-order valence-corrected chi connectivity index (χ0v) is 9.50. The number of Topliss-reactive ketones (excluding diaryl/α,β-unsaturated/α-hetero) is 1. The van der Waals surface area contributed by atoms with E-state index in [4.69, 9.17) is 0 Å². The summed E-state index contributed by atoms with van der Waals surface area (Å²) in [6, 6.07) is 0. The summed E-state index contributed by atoms with van der Waals surface area (Å²) in [5.74, 6) is -0.0677. The van der Waals surface area contributed by atoms with Crippen molar-refractivity contribution in [3.63, 3.8) is 0 Å². The highest BCUT2D eigenvalue weighted by atomic mass is 127. The molecule has 1 aliphatic rings. The Morgan fingerprint density at radius 3 is 2.92 bits per heavy atom. The fourth-order valence-electron chi connectivity index (χ4n) is 1.04. The van der Waals surface area contributed by atoms with Crippen LogP contribution in [0, 0.1) is 0 Å². The zero-order chi connectivity index (χ0) is 10.0. The number of hydrogen-bond acceptors (Lipinski definition) is 2. The molecule has 4 heteroatoms. The third-order valence-electron chi connectivity index (χ3n) is 1.68. The van der Waals surface area contributed by atoms with Gasteiger partial charge in [0.15, 0.2) is 0 Å². The molecule has 0 saturated carbocycles. The highest BCUT2D eigenvalue weighted by molar-refractivity contribution is 14.1. The molecule has 0 spiro atoms. The van der Waals surface area contributed by atoms with Gasteiger partial charge in [-0.05, 0) is 35.1 Å². The summed E-state index contributed by atoms with van der Waals surface area (Å²) >= 11 is 2.11. The van der Waals surface area contributed by atoms with E-state index in [0.29, 0.717) is 6.42 Å². The Bertz CT molecular complexity index is 307. The quantitative estimate of drug-likeness (QED) is 0.725. The van der Waals surface area contributed by atoms with Crippen molar-refractivity contribution in [1.29, 1.82) is 0 Å². The van der Waals surface area contributed by atoms with Crippen LogP contribution in [0.5, 0.6) is 0 Å². The lowest BCUT2D eigenvalue weighted by Gasteiger charge is -2.23. The van der Waals surface area contributed by atoms with Gasteiger partial charge < -0.3 is 4.90 Å². The van der Waals surface area contributed by atoms with E-state index in [0.717, 1.165) is 9.15 Å². The fraction of sp³-hybridized carbons (Fsp3) is 0.333. The molecule has 0 saturated heterocycles. The standard InChI is InChI=1S/C9H10INO2/c1-6-3-9(13)11(4-7(2)12)5-8(6)10/h5H,1,3-4H2,2H3. The Kier molecular flexibility index (Phi) is 3.24. The van der Waals surface area contributed by atoms with Crippen molar-refractivity contribution in [3.8, 4) is 0 Å². The fourth-order valence-corrected chi connectivity index (χ4v) is 1.57. The van der Waals surface area contributed by atoms with Crippen molar-refractivity contribution >= 4 is 34.3 Å². The molecular formula is C9H10INO2. The first kappa shape index (κ1) is 10.4. The van der Waals surface area contributed by atoms with Crippen LogP contribution >= 0.6 is 22.6 Å². The normalized spacial score (nSPS) is 17.4. The van der Waals surface area contributed by atoms with Crippen LogP contribution in [0.1, 0.15) is 13.3 Å². The number of nitrogens with zero attached hydrogens (tertiary/aromatic N) is 1. The largest absolute Gasteiger partial charge is 0.310 e. The van der Waals surface area contributed by atoms with Crippen LogP contribution in [0.2, 0.25) is 0 Å². The second-order valence-electron chi connectivity index (χ2n) is 2.98. The molecule has 0 N–H and O–H groups in total. The first-order valence-corrected chi connectivity index (χ1v) is 4.93. The molecule has 0 radical (unpaired) electrons. The summed E-state index contributed by atoms with van der Waals surface area (Å²) in [5.41, 5.74) is 0.824. The van der Waals surface area contributed by atoms with Gasteiger partial charge in [0.25, 0.3) is 0 Å². The van der Waals surface area contributed by atoms with E-state index in [1.54, 1.807) is 6.20 Å². The van der Waals surface area contributed by atoms with Crippen LogP contribution < -0.4 is 0 Å². The van der Waals surface area contributed by atoms with Crippen molar-refractivity contribution in [3.05, 3.63) is 21.9 Å². The van der Waals surface area contributed by atoms with Gasteiger partial charge in [-0.1, -0.05) is 6.58 Å². The summed E-state index contributed by atoms with van der Waals surface area (Å²) in [5, 5.41) is 0. The van der Waals surface area contributed by atoms with E-state index < -0.39 is 0 Å². The van der Waals surface area contributed by atoms with Gasteiger partial charge in [-0.2, -0.15) is 0 Å². The molecule has 1 aliphatic heterocycles. The topological polar surface area (TPSA) is 37.4 Å². The number of halogens is 1. The van der Waals surface area contributed by atoms with Gasteiger partial charge in [0.05, 0.1) is 13.0 Å². The Morgan fingerprint density at radius 2 is 2.38 bits per heavy atom. The van der Waals surface area contributed by atoms with Crippen molar-refractivity contribution in [2.75, 3.05) is 6.54 Å². The number of carbonyl (C=O) groups excluding carboxylic acids is 2. The number of carbonyl (C=O) groups is 2. The summed E-state index contributed by atoms with van der Waals surface area (Å²) in [7, 11) is 0. The molecule has 0 atom stereocenters. The lowest BCUT2D eigenvalue weighted by molar-refractivity contribution is -0.131. The predicted molar refractivity (Wildman–Crippen MR) is 58.3 cm³/mol. The molecule has 0 fully saturated rings. The molecule has 0 aromatic rings. The summed E-state index contributed by atoms with van der Waals surface area (Å²) in [6.07, 6.45) is 2.00. The maximum atomic E-state index is 11.4. The molecule has 0 unspecified atom stereocenters. The Morgan fingerprint density at radius 1 is 1.77 bits per heavy atom.